The number of unbranched alkanes of at least 4 members (excludes halogenated alkanes) is 1. The molecular weight excluding hydrogens is 192 g/mol. The Kier molecular flexibility index (Phi) is 6.09. The highest BCUT2D eigenvalue weighted by Crippen LogP contribution is 2.22. The number of hydrogen-bond acceptors (Lipinski definition) is 3. The zero-order valence-corrected chi connectivity index (χ0v) is 9.21. The summed E-state index contributed by atoms with van der Waals surface area (Å²) in [4.78, 5) is 11.1. The predicted molar refractivity (Wildman–Crippen MR) is 58.4 cm³/mol. The highest BCUT2D eigenvalue weighted by molar-refractivity contribution is 5.69. The van der Waals surface area contributed by atoms with E-state index in [1.54, 1.807) is 5.57 Å². The van der Waals surface area contributed by atoms with Gasteiger partial charge in [-0.05, 0) is 38.5 Å². The van der Waals surface area contributed by atoms with Crippen LogP contribution in [0.4, 0.5) is 0 Å². The van der Waals surface area contributed by atoms with E-state index in [2.05, 4.69) is 6.08 Å². The van der Waals surface area contributed by atoms with Gasteiger partial charge in [0.25, 0.3) is 0 Å². The standard InChI is InChI=1S/C12H20O3/c13-9-10-15-12(14)8-4-3-7-11-5-1-2-6-11/h5,13H,1-4,6-10H2. The average Bonchev–Trinajstić information content (AvgIpc) is 2.74. The lowest BCUT2D eigenvalue weighted by Crippen LogP contribution is -2.07. The van der Waals surface area contributed by atoms with Gasteiger partial charge < -0.3 is 9.84 Å². The molecule has 0 unspecified atom stereocenters. The molecule has 3 heteroatoms. The Morgan fingerprint density at radius 3 is 3.00 bits per heavy atom. The summed E-state index contributed by atoms with van der Waals surface area (Å²) in [6, 6.07) is 0. The fourth-order valence-corrected chi connectivity index (χ4v) is 1.82. The number of aliphatic hydroxyl groups excluding tert-OH is 1. The molecule has 1 aliphatic carbocycles. The van der Waals surface area contributed by atoms with Gasteiger partial charge in [-0.25, -0.2) is 0 Å². The fourth-order valence-electron chi connectivity index (χ4n) is 1.82. The van der Waals surface area contributed by atoms with Gasteiger partial charge in [-0.3, -0.25) is 4.79 Å². The van der Waals surface area contributed by atoms with Crippen LogP contribution in [0, 0.1) is 0 Å². The lowest BCUT2D eigenvalue weighted by atomic mass is 10.1. The van der Waals surface area contributed by atoms with Gasteiger partial charge >= 0.3 is 5.97 Å². The Morgan fingerprint density at radius 2 is 2.33 bits per heavy atom. The molecule has 1 aliphatic rings. The maximum atomic E-state index is 11.1. The van der Waals surface area contributed by atoms with Crippen molar-refractivity contribution in [1.29, 1.82) is 0 Å². The number of carbonyl (C=O) groups is 1. The third-order valence-electron chi connectivity index (χ3n) is 2.62. The van der Waals surface area contributed by atoms with Crippen molar-refractivity contribution in [2.24, 2.45) is 0 Å². The van der Waals surface area contributed by atoms with E-state index in [9.17, 15) is 4.79 Å². The fraction of sp³-hybridized carbons (Fsp3) is 0.750. The largest absolute Gasteiger partial charge is 0.463 e. The minimum atomic E-state index is -0.190. The minimum Gasteiger partial charge on any atom is -0.463 e. The van der Waals surface area contributed by atoms with Crippen LogP contribution in [-0.2, 0) is 9.53 Å². The van der Waals surface area contributed by atoms with Crippen LogP contribution in [0.15, 0.2) is 11.6 Å². The summed E-state index contributed by atoms with van der Waals surface area (Å²) in [6.07, 6.45) is 9.67. The molecule has 0 saturated heterocycles. The van der Waals surface area contributed by atoms with Crippen LogP contribution >= 0.6 is 0 Å². The Bertz CT molecular complexity index is 221. The number of rotatable bonds is 7. The van der Waals surface area contributed by atoms with E-state index in [4.69, 9.17) is 9.84 Å². The molecule has 1 rings (SSSR count). The maximum absolute atomic E-state index is 11.1. The number of carbonyl (C=O) groups excluding carboxylic acids is 1. The first-order valence-electron chi connectivity index (χ1n) is 5.77. The molecule has 1 N–H and O–H groups in total. The highest BCUT2D eigenvalue weighted by Gasteiger charge is 2.05. The quantitative estimate of drug-likeness (QED) is 0.400. The van der Waals surface area contributed by atoms with Gasteiger partial charge in [0.05, 0.1) is 6.61 Å². The zero-order valence-electron chi connectivity index (χ0n) is 9.21. The van der Waals surface area contributed by atoms with Gasteiger partial charge in [0, 0.05) is 6.42 Å². The third kappa shape index (κ3) is 5.57. The molecular formula is C12H20O3. The molecule has 0 aromatic heterocycles. The Labute approximate surface area is 91.1 Å². The minimum absolute atomic E-state index is 0.0847. The second-order valence-electron chi connectivity index (χ2n) is 3.91. The van der Waals surface area contributed by atoms with Crippen molar-refractivity contribution >= 4 is 5.97 Å². The smallest absolute Gasteiger partial charge is 0.305 e. The van der Waals surface area contributed by atoms with Crippen LogP contribution in [-0.4, -0.2) is 24.3 Å². The SMILES string of the molecule is O=C(CCCCC1=CCCC1)OCCO. The number of hydrogen-bond donors (Lipinski definition) is 1. The molecule has 15 heavy (non-hydrogen) atoms. The molecule has 0 aliphatic heterocycles. The number of allylic oxidation sites excluding steroid dienone is 2. The van der Waals surface area contributed by atoms with Gasteiger partial charge in [0.15, 0.2) is 0 Å². The molecule has 86 valence electrons. The number of aliphatic hydroxyl groups is 1. The van der Waals surface area contributed by atoms with Crippen LogP contribution in [0.25, 0.3) is 0 Å². The van der Waals surface area contributed by atoms with E-state index in [-0.39, 0.29) is 19.2 Å². The summed E-state index contributed by atoms with van der Waals surface area (Å²) in [5.41, 5.74) is 1.55. The molecule has 0 amide bonds. The lowest BCUT2D eigenvalue weighted by molar-refractivity contribution is -0.144. The summed E-state index contributed by atoms with van der Waals surface area (Å²) < 4.78 is 4.76. The average molecular weight is 212 g/mol. The molecule has 0 aromatic carbocycles. The van der Waals surface area contributed by atoms with E-state index in [0.717, 1.165) is 19.3 Å². The first-order valence-corrected chi connectivity index (χ1v) is 5.77. The van der Waals surface area contributed by atoms with Crippen molar-refractivity contribution in [2.75, 3.05) is 13.2 Å². The van der Waals surface area contributed by atoms with Crippen LogP contribution in [0.5, 0.6) is 0 Å². The van der Waals surface area contributed by atoms with Crippen LogP contribution in [0.1, 0.15) is 44.9 Å². The van der Waals surface area contributed by atoms with Gasteiger partial charge in [-0.1, -0.05) is 11.6 Å². The molecule has 0 fully saturated rings. The van der Waals surface area contributed by atoms with Crippen LogP contribution in [0.3, 0.4) is 0 Å². The Balaban J connectivity index is 1.94. The number of esters is 1. The summed E-state index contributed by atoms with van der Waals surface area (Å²) in [7, 11) is 0. The summed E-state index contributed by atoms with van der Waals surface area (Å²) >= 11 is 0. The Morgan fingerprint density at radius 1 is 1.47 bits per heavy atom. The summed E-state index contributed by atoms with van der Waals surface area (Å²) in [5.74, 6) is -0.190. The van der Waals surface area contributed by atoms with E-state index >= 15 is 0 Å². The predicted octanol–water partition coefficient (Wildman–Crippen LogP) is 2.19. The zero-order chi connectivity index (χ0) is 10.9. The summed E-state index contributed by atoms with van der Waals surface area (Å²) in [5, 5.41) is 8.45. The van der Waals surface area contributed by atoms with Crippen LogP contribution in [0.2, 0.25) is 0 Å². The molecule has 3 nitrogen and oxygen atoms in total. The van der Waals surface area contributed by atoms with Gasteiger partial charge in [-0.2, -0.15) is 0 Å². The lowest BCUT2D eigenvalue weighted by Gasteiger charge is -2.03. The van der Waals surface area contributed by atoms with Crippen molar-refractivity contribution in [3.05, 3.63) is 11.6 Å². The van der Waals surface area contributed by atoms with E-state index in [0.29, 0.717) is 6.42 Å². The van der Waals surface area contributed by atoms with Gasteiger partial charge in [0.2, 0.25) is 0 Å². The molecule has 0 aromatic rings. The monoisotopic (exact) mass is 212 g/mol. The van der Waals surface area contributed by atoms with E-state index < -0.39 is 0 Å². The summed E-state index contributed by atoms with van der Waals surface area (Å²) in [6.45, 7) is 0.0443. The van der Waals surface area contributed by atoms with Crippen molar-refractivity contribution in [2.45, 2.75) is 44.9 Å². The Hall–Kier alpha value is -0.830. The van der Waals surface area contributed by atoms with Gasteiger partial charge in [-0.15, -0.1) is 0 Å². The second kappa shape index (κ2) is 7.46. The third-order valence-corrected chi connectivity index (χ3v) is 2.62. The van der Waals surface area contributed by atoms with Crippen LogP contribution < -0.4 is 0 Å². The molecule has 0 atom stereocenters. The van der Waals surface area contributed by atoms with E-state index in [1.807, 2.05) is 0 Å². The molecule has 0 radical (unpaired) electrons. The highest BCUT2D eigenvalue weighted by atomic mass is 16.5. The van der Waals surface area contributed by atoms with Crippen molar-refractivity contribution in [3.8, 4) is 0 Å². The molecule has 0 bridgehead atoms. The number of ether oxygens (including phenoxy) is 1. The normalized spacial score (nSPS) is 15.1. The van der Waals surface area contributed by atoms with Gasteiger partial charge in [0.1, 0.15) is 6.61 Å². The second-order valence-corrected chi connectivity index (χ2v) is 3.91. The topological polar surface area (TPSA) is 46.5 Å². The van der Waals surface area contributed by atoms with Crippen molar-refractivity contribution in [1.82, 2.24) is 0 Å². The van der Waals surface area contributed by atoms with E-state index in [1.165, 1.54) is 19.3 Å². The molecule has 0 spiro atoms. The molecule has 0 heterocycles. The maximum Gasteiger partial charge on any atom is 0.305 e. The first kappa shape index (κ1) is 12.2. The van der Waals surface area contributed by atoms with Crippen molar-refractivity contribution in [3.63, 3.8) is 0 Å². The van der Waals surface area contributed by atoms with Crippen molar-refractivity contribution < 1.29 is 14.6 Å². The molecule has 0 saturated carbocycles. The first-order chi connectivity index (χ1) is 7.33.